The quantitative estimate of drug-likeness (QED) is 0.0978. The smallest absolute Gasteiger partial charge is 0.231 e. The summed E-state index contributed by atoms with van der Waals surface area (Å²) in [5.74, 6) is 0.646. The number of methoxy groups -OCH3 is 1. The fourth-order valence-corrected chi connectivity index (χ4v) is 8.31. The van der Waals surface area contributed by atoms with E-state index in [0.717, 1.165) is 34.3 Å². The Morgan fingerprint density at radius 2 is 1.45 bits per heavy atom. The first-order valence-corrected chi connectivity index (χ1v) is 21.4. The number of ether oxygens (including phenoxy) is 3. The third-order valence-electron chi connectivity index (χ3n) is 11.8. The van der Waals surface area contributed by atoms with Crippen LogP contribution in [0.3, 0.4) is 0 Å². The zero-order chi connectivity index (χ0) is 45.2. The predicted octanol–water partition coefficient (Wildman–Crippen LogP) is 11.7. The van der Waals surface area contributed by atoms with Crippen LogP contribution in [0.1, 0.15) is 69.1 Å². The van der Waals surface area contributed by atoms with Crippen LogP contribution >= 0.6 is 0 Å². The van der Waals surface area contributed by atoms with Gasteiger partial charge in [-0.1, -0.05) is 48.4 Å². The summed E-state index contributed by atoms with van der Waals surface area (Å²) in [5.41, 5.74) is 5.29. The molecule has 0 spiro atoms. The SMILES string of the molecule is CCc1ccc([C@@H](Oc2ccc3c(cnn3-c3ccc(F)cc3)c2)[C@H](C)NC(=O)C(C)(C)C[N+]2(c3ccc(F)cc3)N=Cc3cc(O[C@@H](c4cccc(OC)c4)[C@H](C)F)ccc32)cc1. The number of carbonyl (C=O) groups excluding carboxylic acids is 1. The molecular weight excluding hydrogens is 816 g/mol. The molecule has 0 aliphatic carbocycles. The molecule has 0 fully saturated rings. The van der Waals surface area contributed by atoms with Crippen LogP contribution in [0.2, 0.25) is 0 Å². The van der Waals surface area contributed by atoms with E-state index in [4.69, 9.17) is 19.3 Å². The molecule has 8 rings (SSSR count). The van der Waals surface area contributed by atoms with Gasteiger partial charge in [0.25, 0.3) is 0 Å². The Morgan fingerprint density at radius 3 is 2.14 bits per heavy atom. The number of halogens is 3. The second-order valence-corrected chi connectivity index (χ2v) is 16.9. The van der Waals surface area contributed by atoms with Gasteiger partial charge in [0.15, 0.2) is 17.5 Å². The number of rotatable bonds is 16. The van der Waals surface area contributed by atoms with E-state index in [1.165, 1.54) is 36.8 Å². The number of nitrogens with one attached hydrogen (secondary N) is 1. The molecule has 1 aromatic heterocycles. The van der Waals surface area contributed by atoms with Gasteiger partial charge in [0.1, 0.15) is 47.7 Å². The van der Waals surface area contributed by atoms with Crippen LogP contribution in [0.5, 0.6) is 17.2 Å². The van der Waals surface area contributed by atoms with Crippen molar-refractivity contribution in [3.63, 3.8) is 0 Å². The molecule has 0 saturated carbocycles. The minimum absolute atomic E-state index is 0.131. The number of nitrogens with zero attached hydrogens (tertiary/aromatic N) is 4. The van der Waals surface area contributed by atoms with Crippen molar-refractivity contribution in [2.45, 2.75) is 65.5 Å². The molecule has 1 aliphatic heterocycles. The summed E-state index contributed by atoms with van der Waals surface area (Å²) >= 11 is 0. The second-order valence-electron chi connectivity index (χ2n) is 16.9. The van der Waals surface area contributed by atoms with E-state index in [0.29, 0.717) is 34.1 Å². The monoisotopic (exact) mass is 866 g/mol. The number of alkyl halides is 1. The van der Waals surface area contributed by atoms with E-state index in [1.54, 1.807) is 78.8 Å². The molecule has 0 bridgehead atoms. The zero-order valence-electron chi connectivity index (χ0n) is 36.6. The van der Waals surface area contributed by atoms with Crippen LogP contribution in [0.25, 0.3) is 16.6 Å². The lowest BCUT2D eigenvalue weighted by Gasteiger charge is -2.36. The van der Waals surface area contributed by atoms with Crippen LogP contribution < -0.4 is 24.1 Å². The summed E-state index contributed by atoms with van der Waals surface area (Å²) in [4.78, 5) is 14.7. The Bertz CT molecular complexity index is 2790. The van der Waals surface area contributed by atoms with Gasteiger partial charge >= 0.3 is 0 Å². The third-order valence-corrected chi connectivity index (χ3v) is 11.8. The Hall–Kier alpha value is -6.92. The van der Waals surface area contributed by atoms with Gasteiger partial charge in [-0.15, -0.1) is 4.59 Å². The molecule has 328 valence electrons. The number of aromatic nitrogens is 2. The molecule has 2 heterocycles. The van der Waals surface area contributed by atoms with Crippen molar-refractivity contribution >= 4 is 34.4 Å². The summed E-state index contributed by atoms with van der Waals surface area (Å²) in [6.07, 6.45) is 1.49. The fourth-order valence-electron chi connectivity index (χ4n) is 8.31. The van der Waals surface area contributed by atoms with Gasteiger partial charge in [-0.05, 0) is 130 Å². The lowest BCUT2D eigenvalue weighted by molar-refractivity contribution is -0.131. The Balaban J connectivity index is 1.06. The molecule has 0 saturated heterocycles. The summed E-state index contributed by atoms with van der Waals surface area (Å²) < 4.78 is 63.2. The van der Waals surface area contributed by atoms with E-state index in [-0.39, 0.29) is 22.9 Å². The third kappa shape index (κ3) is 8.96. The first kappa shape index (κ1) is 43.7. The van der Waals surface area contributed by atoms with E-state index in [2.05, 4.69) is 29.5 Å². The van der Waals surface area contributed by atoms with Crippen molar-refractivity contribution in [3.8, 4) is 22.9 Å². The standard InChI is InChI=1S/C52H50F3N5O4/c1-7-35-11-13-36(14-12-35)50(64-45-23-25-47-38(28-45)30-56-59(47)42-19-15-40(54)16-20-42)34(3)58-51(61)52(4,5)32-60(43-21-17-41(55)18-22-43)48-26-24-46(29-39(48)31-57-60)63-49(33(2)53)37-9-8-10-44(27-37)62-6/h8-31,33-34,49-50H,7,32H2,1-6H3/p+1/t33-,34-,49+,50-,60?/m0/s1. The van der Waals surface area contributed by atoms with Gasteiger partial charge in [-0.25, -0.2) is 17.9 Å². The average Bonchev–Trinajstić information content (AvgIpc) is 3.89. The molecule has 64 heavy (non-hydrogen) atoms. The van der Waals surface area contributed by atoms with E-state index in [9.17, 15) is 13.6 Å². The van der Waals surface area contributed by atoms with Gasteiger partial charge in [-0.2, -0.15) is 5.10 Å². The number of hydrogen-bond donors (Lipinski definition) is 1. The maximum atomic E-state index is 15.1. The fraction of sp³-hybridized carbons (Fsp3) is 0.250. The van der Waals surface area contributed by atoms with E-state index in [1.807, 2.05) is 63.2 Å². The van der Waals surface area contributed by atoms with Gasteiger partial charge in [0.05, 0.1) is 47.7 Å². The summed E-state index contributed by atoms with van der Waals surface area (Å²) in [6, 6.07) is 38.2. The van der Waals surface area contributed by atoms with Gasteiger partial charge < -0.3 is 19.5 Å². The Kier molecular flexibility index (Phi) is 12.3. The maximum Gasteiger partial charge on any atom is 0.231 e. The molecule has 7 aromatic rings. The molecule has 1 N–H and O–H groups in total. The average molecular weight is 867 g/mol. The Labute approximate surface area is 371 Å². The number of amides is 1. The molecule has 6 aromatic carbocycles. The summed E-state index contributed by atoms with van der Waals surface area (Å²) in [5, 5.41) is 13.7. The molecule has 12 heteroatoms. The largest absolute Gasteiger partial charge is 0.497 e. The normalized spacial score (nSPS) is 16.5. The molecule has 1 aliphatic rings. The highest BCUT2D eigenvalue weighted by Gasteiger charge is 2.48. The van der Waals surface area contributed by atoms with Gasteiger partial charge in [0, 0.05) is 23.6 Å². The van der Waals surface area contributed by atoms with Crippen molar-refractivity contribution < 1.29 is 32.2 Å². The van der Waals surface area contributed by atoms with Crippen LogP contribution in [0.4, 0.5) is 24.5 Å². The van der Waals surface area contributed by atoms with Crippen LogP contribution in [-0.4, -0.2) is 47.8 Å². The van der Waals surface area contributed by atoms with Crippen LogP contribution in [0, 0.1) is 17.0 Å². The number of carbonyl (C=O) groups is 1. The highest BCUT2D eigenvalue weighted by Crippen LogP contribution is 2.45. The van der Waals surface area contributed by atoms with Crippen molar-refractivity contribution in [2.75, 3.05) is 13.7 Å². The summed E-state index contributed by atoms with van der Waals surface area (Å²) in [6.45, 7) is 9.36. The number of hydrogen-bond acceptors (Lipinski definition) is 6. The van der Waals surface area contributed by atoms with Crippen molar-refractivity contribution in [1.29, 1.82) is 0 Å². The lowest BCUT2D eigenvalue weighted by atomic mass is 9.89. The highest BCUT2D eigenvalue weighted by atomic mass is 19.1. The maximum absolute atomic E-state index is 15.1. The predicted molar refractivity (Wildman–Crippen MR) is 245 cm³/mol. The van der Waals surface area contributed by atoms with E-state index >= 15 is 4.39 Å². The molecule has 1 amide bonds. The van der Waals surface area contributed by atoms with E-state index < -0.39 is 35.7 Å². The molecule has 1 unspecified atom stereocenters. The van der Waals surface area contributed by atoms with Crippen molar-refractivity contribution in [1.82, 2.24) is 19.7 Å². The van der Waals surface area contributed by atoms with Crippen LogP contribution in [0.15, 0.2) is 145 Å². The second kappa shape index (κ2) is 18.1. The van der Waals surface area contributed by atoms with Crippen LogP contribution in [-0.2, 0) is 11.2 Å². The molecule has 0 radical (unpaired) electrons. The minimum atomic E-state index is -1.34. The zero-order valence-corrected chi connectivity index (χ0v) is 36.6. The van der Waals surface area contributed by atoms with Gasteiger partial charge in [0.2, 0.25) is 5.91 Å². The number of benzene rings is 6. The molecule has 5 atom stereocenters. The van der Waals surface area contributed by atoms with Gasteiger partial charge in [-0.3, -0.25) is 4.79 Å². The number of quaternary nitrogens is 1. The Morgan fingerprint density at radius 1 is 0.781 bits per heavy atom. The topological polar surface area (TPSA) is 87.0 Å². The first-order valence-electron chi connectivity index (χ1n) is 21.4. The summed E-state index contributed by atoms with van der Waals surface area (Å²) in [7, 11) is 1.56. The first-order chi connectivity index (χ1) is 30.8. The van der Waals surface area contributed by atoms with Crippen molar-refractivity contribution in [3.05, 3.63) is 174 Å². The number of aryl methyl sites for hydroxylation is 1. The highest BCUT2D eigenvalue weighted by molar-refractivity contribution is 5.94. The van der Waals surface area contributed by atoms with Crippen molar-refractivity contribution in [2.24, 2.45) is 10.5 Å². The molecular formula is C52H51F3N5O4+. The lowest BCUT2D eigenvalue weighted by Crippen LogP contribution is -2.53. The minimum Gasteiger partial charge on any atom is -0.497 e. The molecule has 9 nitrogen and oxygen atoms in total. The number of fused-ring (bicyclic) bond motifs is 2.